The molecule has 5 heteroatoms. The minimum atomic E-state index is -0.120. The summed E-state index contributed by atoms with van der Waals surface area (Å²) in [4.78, 5) is 14.6. The van der Waals surface area contributed by atoms with Crippen LogP contribution in [-0.4, -0.2) is 37.8 Å². The quantitative estimate of drug-likeness (QED) is 0.746. The van der Waals surface area contributed by atoms with Crippen molar-refractivity contribution >= 4 is 16.8 Å². The Bertz CT molecular complexity index is 536. The van der Waals surface area contributed by atoms with Crippen molar-refractivity contribution < 1.29 is 14.3 Å². The average molecular weight is 262 g/mol. The summed E-state index contributed by atoms with van der Waals surface area (Å²) >= 11 is 0. The number of aromatic nitrogens is 1. The first-order valence-corrected chi connectivity index (χ1v) is 6.25. The Morgan fingerprint density at radius 2 is 2.26 bits per heavy atom. The molecule has 0 saturated heterocycles. The van der Waals surface area contributed by atoms with E-state index in [0.29, 0.717) is 18.9 Å². The Hall–Kier alpha value is -2.01. The van der Waals surface area contributed by atoms with Gasteiger partial charge in [-0.2, -0.15) is 0 Å². The number of nitrogens with one attached hydrogen (secondary N) is 2. The maximum atomic E-state index is 11.5. The van der Waals surface area contributed by atoms with Gasteiger partial charge in [0.15, 0.2) is 6.61 Å². The van der Waals surface area contributed by atoms with E-state index in [4.69, 9.17) is 9.47 Å². The summed E-state index contributed by atoms with van der Waals surface area (Å²) in [6.45, 7) is 1.28. The Kier molecular flexibility index (Phi) is 4.80. The van der Waals surface area contributed by atoms with Crippen LogP contribution in [0.2, 0.25) is 0 Å². The van der Waals surface area contributed by atoms with E-state index in [2.05, 4.69) is 10.3 Å². The van der Waals surface area contributed by atoms with Crippen LogP contribution in [0.4, 0.5) is 0 Å². The fourth-order valence-corrected chi connectivity index (χ4v) is 1.77. The summed E-state index contributed by atoms with van der Waals surface area (Å²) in [6, 6.07) is 7.65. The van der Waals surface area contributed by atoms with Gasteiger partial charge in [-0.25, -0.2) is 0 Å². The van der Waals surface area contributed by atoms with Crippen LogP contribution in [0.1, 0.15) is 6.42 Å². The lowest BCUT2D eigenvalue weighted by molar-refractivity contribution is -0.123. The van der Waals surface area contributed by atoms with Gasteiger partial charge in [0.25, 0.3) is 5.91 Å². The molecule has 0 aliphatic rings. The Labute approximate surface area is 111 Å². The standard InChI is InChI=1S/C14H18N2O3/c1-18-8-2-6-16-14(17)10-19-12-3-4-13-11(9-12)5-7-15-13/h3-5,7,9,15H,2,6,8,10H2,1H3,(H,16,17). The number of carbonyl (C=O) groups excluding carboxylic acids is 1. The van der Waals surface area contributed by atoms with E-state index in [0.717, 1.165) is 17.3 Å². The molecule has 102 valence electrons. The summed E-state index contributed by atoms with van der Waals surface area (Å²) in [5.41, 5.74) is 1.05. The van der Waals surface area contributed by atoms with Crippen molar-refractivity contribution in [2.75, 3.05) is 26.9 Å². The summed E-state index contributed by atoms with van der Waals surface area (Å²) in [7, 11) is 1.64. The van der Waals surface area contributed by atoms with Gasteiger partial charge in [0.2, 0.25) is 0 Å². The number of ether oxygens (including phenoxy) is 2. The molecule has 0 atom stereocenters. The highest BCUT2D eigenvalue weighted by Gasteiger charge is 2.03. The molecule has 0 saturated carbocycles. The fourth-order valence-electron chi connectivity index (χ4n) is 1.77. The Balaban J connectivity index is 1.76. The van der Waals surface area contributed by atoms with Crippen molar-refractivity contribution in [2.45, 2.75) is 6.42 Å². The molecule has 0 radical (unpaired) electrons. The number of rotatable bonds is 7. The predicted molar refractivity (Wildman–Crippen MR) is 73.3 cm³/mol. The summed E-state index contributed by atoms with van der Waals surface area (Å²) in [5, 5.41) is 3.84. The maximum absolute atomic E-state index is 11.5. The predicted octanol–water partition coefficient (Wildman–Crippen LogP) is 1.70. The Morgan fingerprint density at radius 3 is 3.11 bits per heavy atom. The first kappa shape index (κ1) is 13.4. The third-order valence-electron chi connectivity index (χ3n) is 2.74. The second-order valence-corrected chi connectivity index (χ2v) is 4.21. The Morgan fingerprint density at radius 1 is 1.37 bits per heavy atom. The van der Waals surface area contributed by atoms with E-state index in [-0.39, 0.29) is 12.5 Å². The van der Waals surface area contributed by atoms with E-state index < -0.39 is 0 Å². The molecule has 0 aliphatic heterocycles. The second-order valence-electron chi connectivity index (χ2n) is 4.21. The molecule has 0 bridgehead atoms. The van der Waals surface area contributed by atoms with Crippen LogP contribution >= 0.6 is 0 Å². The monoisotopic (exact) mass is 262 g/mol. The van der Waals surface area contributed by atoms with Gasteiger partial charge in [-0.3, -0.25) is 4.79 Å². The summed E-state index contributed by atoms with van der Waals surface area (Å²) < 4.78 is 10.3. The van der Waals surface area contributed by atoms with Crippen LogP contribution in [-0.2, 0) is 9.53 Å². The van der Waals surface area contributed by atoms with E-state index in [1.807, 2.05) is 30.5 Å². The maximum Gasteiger partial charge on any atom is 0.257 e. The van der Waals surface area contributed by atoms with Gasteiger partial charge >= 0.3 is 0 Å². The molecule has 1 aromatic carbocycles. The summed E-state index contributed by atoms with van der Waals surface area (Å²) in [6.07, 6.45) is 2.68. The minimum absolute atomic E-state index is 0.0307. The number of H-pyrrole nitrogens is 1. The van der Waals surface area contributed by atoms with Crippen molar-refractivity contribution in [3.63, 3.8) is 0 Å². The number of fused-ring (bicyclic) bond motifs is 1. The minimum Gasteiger partial charge on any atom is -0.484 e. The highest BCUT2D eigenvalue weighted by molar-refractivity contribution is 5.81. The van der Waals surface area contributed by atoms with Crippen molar-refractivity contribution in [1.29, 1.82) is 0 Å². The molecule has 0 unspecified atom stereocenters. The van der Waals surface area contributed by atoms with Gasteiger partial charge in [0.05, 0.1) is 0 Å². The normalized spacial score (nSPS) is 10.6. The number of carbonyl (C=O) groups is 1. The third-order valence-corrected chi connectivity index (χ3v) is 2.74. The zero-order valence-electron chi connectivity index (χ0n) is 10.9. The number of methoxy groups -OCH3 is 1. The SMILES string of the molecule is COCCCNC(=O)COc1ccc2[nH]ccc2c1. The lowest BCUT2D eigenvalue weighted by Crippen LogP contribution is -2.30. The van der Waals surface area contributed by atoms with Gasteiger partial charge in [0, 0.05) is 37.4 Å². The van der Waals surface area contributed by atoms with E-state index >= 15 is 0 Å². The van der Waals surface area contributed by atoms with Gasteiger partial charge in [-0.05, 0) is 30.7 Å². The zero-order chi connectivity index (χ0) is 13.5. The number of aromatic amines is 1. The summed E-state index contributed by atoms with van der Waals surface area (Å²) in [5.74, 6) is 0.574. The van der Waals surface area contributed by atoms with Gasteiger partial charge < -0.3 is 19.8 Å². The molecule has 1 amide bonds. The van der Waals surface area contributed by atoms with Crippen molar-refractivity contribution in [2.24, 2.45) is 0 Å². The molecule has 0 spiro atoms. The number of amides is 1. The number of benzene rings is 1. The molecular weight excluding hydrogens is 244 g/mol. The molecule has 1 aromatic heterocycles. The zero-order valence-corrected chi connectivity index (χ0v) is 10.9. The first-order chi connectivity index (χ1) is 9.29. The number of hydrogen-bond donors (Lipinski definition) is 2. The van der Waals surface area contributed by atoms with Gasteiger partial charge in [-0.15, -0.1) is 0 Å². The van der Waals surface area contributed by atoms with Crippen LogP contribution in [0, 0.1) is 0 Å². The highest BCUT2D eigenvalue weighted by atomic mass is 16.5. The van der Waals surface area contributed by atoms with Crippen LogP contribution in [0.25, 0.3) is 10.9 Å². The van der Waals surface area contributed by atoms with E-state index in [9.17, 15) is 4.79 Å². The lowest BCUT2D eigenvalue weighted by Gasteiger charge is -2.07. The molecule has 2 aromatic rings. The lowest BCUT2D eigenvalue weighted by atomic mass is 10.2. The fraction of sp³-hybridized carbons (Fsp3) is 0.357. The molecule has 5 nitrogen and oxygen atoms in total. The van der Waals surface area contributed by atoms with Crippen molar-refractivity contribution in [1.82, 2.24) is 10.3 Å². The smallest absolute Gasteiger partial charge is 0.257 e. The van der Waals surface area contributed by atoms with Crippen LogP contribution in [0.5, 0.6) is 5.75 Å². The largest absolute Gasteiger partial charge is 0.484 e. The molecule has 19 heavy (non-hydrogen) atoms. The molecule has 0 fully saturated rings. The average Bonchev–Trinajstić information content (AvgIpc) is 2.89. The van der Waals surface area contributed by atoms with Crippen molar-refractivity contribution in [3.8, 4) is 5.75 Å². The number of hydrogen-bond acceptors (Lipinski definition) is 3. The molecule has 0 aliphatic carbocycles. The third kappa shape index (κ3) is 3.99. The van der Waals surface area contributed by atoms with Crippen LogP contribution in [0.15, 0.2) is 30.5 Å². The molecule has 2 N–H and O–H groups in total. The first-order valence-electron chi connectivity index (χ1n) is 6.25. The van der Waals surface area contributed by atoms with Crippen LogP contribution in [0.3, 0.4) is 0 Å². The molecule has 2 rings (SSSR count). The van der Waals surface area contributed by atoms with Gasteiger partial charge in [0.1, 0.15) is 5.75 Å². The van der Waals surface area contributed by atoms with Crippen molar-refractivity contribution in [3.05, 3.63) is 30.5 Å². The molecular formula is C14H18N2O3. The van der Waals surface area contributed by atoms with E-state index in [1.165, 1.54) is 0 Å². The van der Waals surface area contributed by atoms with E-state index in [1.54, 1.807) is 7.11 Å². The molecule has 1 heterocycles. The highest BCUT2D eigenvalue weighted by Crippen LogP contribution is 2.19. The van der Waals surface area contributed by atoms with Crippen LogP contribution < -0.4 is 10.1 Å². The topological polar surface area (TPSA) is 63.4 Å². The second kappa shape index (κ2) is 6.80. The van der Waals surface area contributed by atoms with Gasteiger partial charge in [-0.1, -0.05) is 0 Å².